The van der Waals surface area contributed by atoms with E-state index in [1.165, 1.54) is 11.8 Å². The van der Waals surface area contributed by atoms with Crippen molar-refractivity contribution in [1.29, 1.82) is 0 Å². The summed E-state index contributed by atoms with van der Waals surface area (Å²) < 4.78 is 15.9. The number of anilines is 1. The lowest BCUT2D eigenvalue weighted by Crippen LogP contribution is -2.24. The number of ketones is 1. The third kappa shape index (κ3) is 5.62. The molecule has 4 rings (SSSR count). The van der Waals surface area contributed by atoms with E-state index < -0.39 is 5.97 Å². The van der Waals surface area contributed by atoms with E-state index in [4.69, 9.17) is 14.2 Å². The third-order valence-electron chi connectivity index (χ3n) is 5.53. The van der Waals surface area contributed by atoms with Gasteiger partial charge >= 0.3 is 5.97 Å². The van der Waals surface area contributed by atoms with Crippen LogP contribution in [0.1, 0.15) is 42.5 Å². The average Bonchev–Trinajstić information content (AvgIpc) is 3.29. The summed E-state index contributed by atoms with van der Waals surface area (Å²) in [5.41, 5.74) is 0.957. The number of amides is 1. The summed E-state index contributed by atoms with van der Waals surface area (Å²) in [6, 6.07) is 12.1. The minimum absolute atomic E-state index is 0.000967. The molecule has 0 unspecified atom stereocenters. The second-order valence-electron chi connectivity index (χ2n) is 7.78. The van der Waals surface area contributed by atoms with Crippen LogP contribution in [0.5, 0.6) is 11.5 Å². The van der Waals surface area contributed by atoms with Crippen LogP contribution in [0.3, 0.4) is 0 Å². The fourth-order valence-electron chi connectivity index (χ4n) is 3.83. The molecule has 1 N–H and O–H groups in total. The Kier molecular flexibility index (Phi) is 7.32. The van der Waals surface area contributed by atoms with E-state index in [1.54, 1.807) is 42.5 Å². The Bertz CT molecular complexity index is 1000. The van der Waals surface area contributed by atoms with E-state index in [2.05, 4.69) is 5.32 Å². The van der Waals surface area contributed by atoms with Gasteiger partial charge in [-0.15, -0.1) is 11.8 Å². The zero-order chi connectivity index (χ0) is 22.3. The first kappa shape index (κ1) is 22.2. The maximum atomic E-state index is 12.6. The number of nitrogens with one attached hydrogen (secondary N) is 1. The molecular weight excluding hydrogens is 430 g/mol. The predicted octanol–water partition coefficient (Wildman–Crippen LogP) is 4.45. The fraction of sp³-hybridized carbons (Fsp3) is 0.375. The van der Waals surface area contributed by atoms with Crippen molar-refractivity contribution in [2.75, 3.05) is 24.5 Å². The van der Waals surface area contributed by atoms with Crippen LogP contribution >= 0.6 is 11.8 Å². The highest BCUT2D eigenvalue weighted by molar-refractivity contribution is 8.00. The monoisotopic (exact) mass is 455 g/mol. The summed E-state index contributed by atoms with van der Waals surface area (Å²) in [5.74, 6) is 0.572. The Balaban J connectivity index is 1.30. The SMILES string of the molecule is O=C(CSc1ccccc1C(=O)OCC(=O)C1CCCCC1)Nc1ccc2c(c1)OCO2. The van der Waals surface area contributed by atoms with Crippen molar-refractivity contribution in [1.82, 2.24) is 0 Å². The molecule has 0 atom stereocenters. The van der Waals surface area contributed by atoms with Crippen LogP contribution < -0.4 is 14.8 Å². The molecule has 0 spiro atoms. The molecule has 0 aromatic heterocycles. The van der Waals surface area contributed by atoms with Gasteiger partial charge in [-0.05, 0) is 37.1 Å². The molecule has 2 aliphatic rings. The molecule has 0 radical (unpaired) electrons. The smallest absolute Gasteiger partial charge is 0.339 e. The molecular formula is C24H25NO6S. The van der Waals surface area contributed by atoms with Crippen molar-refractivity contribution in [2.24, 2.45) is 5.92 Å². The number of hydrogen-bond acceptors (Lipinski definition) is 7. The first-order chi connectivity index (χ1) is 15.6. The Morgan fingerprint density at radius 2 is 1.78 bits per heavy atom. The normalized spacial score (nSPS) is 15.2. The summed E-state index contributed by atoms with van der Waals surface area (Å²) in [7, 11) is 0. The van der Waals surface area contributed by atoms with Crippen molar-refractivity contribution in [3.8, 4) is 11.5 Å². The van der Waals surface area contributed by atoms with Crippen molar-refractivity contribution in [3.63, 3.8) is 0 Å². The van der Waals surface area contributed by atoms with Gasteiger partial charge in [0.25, 0.3) is 0 Å². The Hall–Kier alpha value is -3.00. The number of carbonyl (C=O) groups is 3. The number of esters is 1. The number of hydrogen-bond donors (Lipinski definition) is 1. The zero-order valence-electron chi connectivity index (χ0n) is 17.6. The van der Waals surface area contributed by atoms with Crippen LogP contribution in [0.2, 0.25) is 0 Å². The van der Waals surface area contributed by atoms with Gasteiger partial charge in [-0.3, -0.25) is 9.59 Å². The summed E-state index contributed by atoms with van der Waals surface area (Å²) >= 11 is 1.24. The lowest BCUT2D eigenvalue weighted by molar-refractivity contribution is -0.127. The molecule has 1 saturated carbocycles. The Morgan fingerprint density at radius 3 is 2.62 bits per heavy atom. The van der Waals surface area contributed by atoms with Crippen LogP contribution in [0.25, 0.3) is 0 Å². The van der Waals surface area contributed by atoms with Crippen LogP contribution in [-0.4, -0.2) is 36.8 Å². The van der Waals surface area contributed by atoms with Gasteiger partial charge in [0.1, 0.15) is 0 Å². The maximum Gasteiger partial charge on any atom is 0.339 e. The van der Waals surface area contributed by atoms with Gasteiger partial charge in [0, 0.05) is 22.6 Å². The molecule has 0 bridgehead atoms. The zero-order valence-corrected chi connectivity index (χ0v) is 18.4. The summed E-state index contributed by atoms with van der Waals surface area (Å²) in [6.45, 7) is -0.0329. The quantitative estimate of drug-likeness (QED) is 0.464. The largest absolute Gasteiger partial charge is 0.454 e. The highest BCUT2D eigenvalue weighted by atomic mass is 32.2. The first-order valence-corrected chi connectivity index (χ1v) is 11.7. The second kappa shape index (κ2) is 10.5. The van der Waals surface area contributed by atoms with Gasteiger partial charge in [0.15, 0.2) is 23.9 Å². The standard InChI is InChI=1S/C24H25NO6S/c26-19(16-6-2-1-3-7-16)13-29-24(28)18-8-4-5-9-22(18)32-14-23(27)25-17-10-11-20-21(12-17)31-15-30-20/h4-5,8-12,16H,1-3,6-7,13-15H2,(H,25,27). The minimum Gasteiger partial charge on any atom is -0.454 e. The van der Waals surface area contributed by atoms with E-state index in [1.807, 2.05) is 0 Å². The molecule has 1 heterocycles. The van der Waals surface area contributed by atoms with E-state index in [0.717, 1.165) is 32.1 Å². The van der Waals surface area contributed by atoms with Gasteiger partial charge in [-0.25, -0.2) is 4.79 Å². The highest BCUT2D eigenvalue weighted by Gasteiger charge is 2.23. The van der Waals surface area contributed by atoms with Crippen molar-refractivity contribution in [3.05, 3.63) is 48.0 Å². The number of rotatable bonds is 8. The number of ether oxygens (including phenoxy) is 3. The number of thioether (sulfide) groups is 1. The van der Waals surface area contributed by atoms with Gasteiger partial charge < -0.3 is 19.5 Å². The molecule has 8 heteroatoms. The lowest BCUT2D eigenvalue weighted by atomic mass is 9.86. The highest BCUT2D eigenvalue weighted by Crippen LogP contribution is 2.34. The summed E-state index contributed by atoms with van der Waals surface area (Å²) in [6.07, 6.45) is 5.02. The molecule has 7 nitrogen and oxygen atoms in total. The van der Waals surface area contributed by atoms with Crippen LogP contribution in [0.15, 0.2) is 47.4 Å². The van der Waals surface area contributed by atoms with E-state index in [-0.39, 0.29) is 36.8 Å². The molecule has 1 aliphatic heterocycles. The van der Waals surface area contributed by atoms with Gasteiger partial charge in [0.05, 0.1) is 11.3 Å². The van der Waals surface area contributed by atoms with E-state index in [0.29, 0.717) is 27.6 Å². The number of benzene rings is 2. The molecule has 2 aromatic carbocycles. The van der Waals surface area contributed by atoms with Crippen molar-refractivity contribution in [2.45, 2.75) is 37.0 Å². The van der Waals surface area contributed by atoms with Crippen LogP contribution in [0, 0.1) is 5.92 Å². The van der Waals surface area contributed by atoms with E-state index >= 15 is 0 Å². The minimum atomic E-state index is -0.548. The van der Waals surface area contributed by atoms with Gasteiger partial charge in [-0.2, -0.15) is 0 Å². The number of fused-ring (bicyclic) bond motifs is 1. The maximum absolute atomic E-state index is 12.6. The topological polar surface area (TPSA) is 90.9 Å². The van der Waals surface area contributed by atoms with Crippen molar-refractivity contribution >= 4 is 35.1 Å². The molecule has 1 amide bonds. The molecule has 2 aromatic rings. The number of Topliss-reactive ketones (excluding diaryl/α,β-unsaturated/α-hetero) is 1. The third-order valence-corrected chi connectivity index (χ3v) is 6.60. The summed E-state index contributed by atoms with van der Waals surface area (Å²) in [5, 5.41) is 2.81. The molecule has 0 saturated heterocycles. The first-order valence-electron chi connectivity index (χ1n) is 10.7. The van der Waals surface area contributed by atoms with Gasteiger partial charge in [-0.1, -0.05) is 31.4 Å². The average molecular weight is 456 g/mol. The van der Waals surface area contributed by atoms with Gasteiger partial charge in [0.2, 0.25) is 12.7 Å². The Labute approximate surface area is 190 Å². The fourth-order valence-corrected chi connectivity index (χ4v) is 4.67. The molecule has 32 heavy (non-hydrogen) atoms. The van der Waals surface area contributed by atoms with E-state index in [9.17, 15) is 14.4 Å². The molecule has 168 valence electrons. The lowest BCUT2D eigenvalue weighted by Gasteiger charge is -2.20. The van der Waals surface area contributed by atoms with Crippen molar-refractivity contribution < 1.29 is 28.6 Å². The number of carbonyl (C=O) groups excluding carboxylic acids is 3. The summed E-state index contributed by atoms with van der Waals surface area (Å²) in [4.78, 5) is 37.9. The second-order valence-corrected chi connectivity index (χ2v) is 8.80. The predicted molar refractivity (Wildman–Crippen MR) is 120 cm³/mol. The molecule has 1 fully saturated rings. The Morgan fingerprint density at radius 1 is 1.00 bits per heavy atom. The van der Waals surface area contributed by atoms with Crippen LogP contribution in [-0.2, 0) is 14.3 Å². The molecule has 1 aliphatic carbocycles. The van der Waals surface area contributed by atoms with Crippen LogP contribution in [0.4, 0.5) is 5.69 Å².